The number of benzene rings is 1. The van der Waals surface area contributed by atoms with E-state index in [0.29, 0.717) is 12.5 Å². The highest BCUT2D eigenvalue weighted by Gasteiger charge is 2.08. The lowest BCUT2D eigenvalue weighted by Gasteiger charge is -2.15. The first-order chi connectivity index (χ1) is 12.7. The van der Waals surface area contributed by atoms with Crippen LogP contribution in [0.15, 0.2) is 58.2 Å². The molecule has 26 heavy (non-hydrogen) atoms. The molecule has 0 aliphatic carbocycles. The summed E-state index contributed by atoms with van der Waals surface area (Å²) in [6, 6.07) is 14.6. The molecule has 2 heterocycles. The molecule has 0 spiro atoms. The normalized spacial score (nSPS) is 12.8. The van der Waals surface area contributed by atoms with Gasteiger partial charge in [0.2, 0.25) is 0 Å². The van der Waals surface area contributed by atoms with E-state index in [1.807, 2.05) is 29.5 Å². The molecule has 0 bridgehead atoms. The van der Waals surface area contributed by atoms with Crippen LogP contribution >= 0.6 is 22.7 Å². The summed E-state index contributed by atoms with van der Waals surface area (Å²) in [6.07, 6.45) is 1.09. The van der Waals surface area contributed by atoms with Gasteiger partial charge in [0.1, 0.15) is 5.01 Å². The third kappa shape index (κ3) is 5.41. The second-order valence-electron chi connectivity index (χ2n) is 6.19. The molecule has 2 N–H and O–H groups in total. The molecule has 0 aliphatic rings. The topological polar surface area (TPSA) is 49.3 Å². The lowest BCUT2D eigenvalue weighted by molar-refractivity contribution is 0.562. The molecule has 2 aromatic heterocycles. The summed E-state index contributed by atoms with van der Waals surface area (Å²) in [5.74, 6) is 1.37. The van der Waals surface area contributed by atoms with E-state index in [0.717, 1.165) is 35.2 Å². The number of nitrogens with zero attached hydrogens (tertiary/aromatic N) is 2. The number of hydrogen-bond acceptors (Lipinski definition) is 4. The van der Waals surface area contributed by atoms with Gasteiger partial charge in [-0.2, -0.15) is 0 Å². The van der Waals surface area contributed by atoms with Gasteiger partial charge < -0.3 is 10.6 Å². The minimum absolute atomic E-state index is 0.553. The Labute approximate surface area is 163 Å². The summed E-state index contributed by atoms with van der Waals surface area (Å²) in [4.78, 5) is 10.4. The van der Waals surface area contributed by atoms with Gasteiger partial charge in [0, 0.05) is 29.4 Å². The summed E-state index contributed by atoms with van der Waals surface area (Å²) in [6.45, 7) is 3.83. The number of rotatable bonds is 7. The van der Waals surface area contributed by atoms with Crippen molar-refractivity contribution in [3.8, 4) is 11.3 Å². The Morgan fingerprint density at radius 3 is 2.69 bits per heavy atom. The van der Waals surface area contributed by atoms with E-state index in [1.54, 1.807) is 18.4 Å². The molecular weight excluding hydrogens is 360 g/mol. The van der Waals surface area contributed by atoms with E-state index in [9.17, 15) is 0 Å². The number of hydrogen-bond donors (Lipinski definition) is 2. The van der Waals surface area contributed by atoms with E-state index in [-0.39, 0.29) is 0 Å². The Bertz CT molecular complexity index is 809. The van der Waals surface area contributed by atoms with Crippen LogP contribution in [-0.2, 0) is 13.0 Å². The molecule has 0 saturated carbocycles. The van der Waals surface area contributed by atoms with E-state index >= 15 is 0 Å². The first-order valence-corrected chi connectivity index (χ1v) is 10.5. The van der Waals surface area contributed by atoms with E-state index in [2.05, 4.69) is 57.6 Å². The SMILES string of the molecule is CN=C(NCc1nc(-c2ccccc2)cs1)NCC(C)Cc1cccs1. The number of thiazole rings is 1. The van der Waals surface area contributed by atoms with Gasteiger partial charge in [-0.15, -0.1) is 22.7 Å². The molecule has 1 unspecified atom stereocenters. The van der Waals surface area contributed by atoms with Gasteiger partial charge in [0.15, 0.2) is 5.96 Å². The molecule has 4 nitrogen and oxygen atoms in total. The fourth-order valence-corrected chi connectivity index (χ4v) is 4.24. The van der Waals surface area contributed by atoms with Crippen molar-refractivity contribution in [1.29, 1.82) is 0 Å². The average molecular weight is 385 g/mol. The maximum Gasteiger partial charge on any atom is 0.191 e. The van der Waals surface area contributed by atoms with Crippen molar-refractivity contribution in [3.63, 3.8) is 0 Å². The third-order valence-electron chi connectivity index (χ3n) is 4.00. The lowest BCUT2D eigenvalue weighted by Crippen LogP contribution is -2.39. The highest BCUT2D eigenvalue weighted by molar-refractivity contribution is 7.10. The zero-order valence-electron chi connectivity index (χ0n) is 15.1. The number of thiophene rings is 1. The zero-order valence-corrected chi connectivity index (χ0v) is 16.7. The second-order valence-corrected chi connectivity index (χ2v) is 8.16. The molecule has 3 aromatic rings. The van der Waals surface area contributed by atoms with Gasteiger partial charge in [0.05, 0.1) is 12.2 Å². The number of nitrogens with one attached hydrogen (secondary N) is 2. The molecule has 3 rings (SSSR count). The monoisotopic (exact) mass is 384 g/mol. The van der Waals surface area contributed by atoms with Crippen molar-refractivity contribution in [2.24, 2.45) is 10.9 Å². The fraction of sp³-hybridized carbons (Fsp3) is 0.300. The van der Waals surface area contributed by atoms with Crippen molar-refractivity contribution in [2.75, 3.05) is 13.6 Å². The van der Waals surface area contributed by atoms with Crippen molar-refractivity contribution >= 4 is 28.6 Å². The smallest absolute Gasteiger partial charge is 0.191 e. The molecule has 0 radical (unpaired) electrons. The quantitative estimate of drug-likeness (QED) is 0.468. The maximum atomic E-state index is 4.71. The number of aliphatic imine (C=N–C) groups is 1. The minimum Gasteiger partial charge on any atom is -0.356 e. The van der Waals surface area contributed by atoms with Crippen LogP contribution in [0.25, 0.3) is 11.3 Å². The minimum atomic E-state index is 0.553. The van der Waals surface area contributed by atoms with Crippen molar-refractivity contribution in [3.05, 3.63) is 63.1 Å². The highest BCUT2D eigenvalue weighted by atomic mass is 32.1. The van der Waals surface area contributed by atoms with E-state index in [4.69, 9.17) is 4.98 Å². The van der Waals surface area contributed by atoms with Gasteiger partial charge in [-0.1, -0.05) is 43.3 Å². The Kier molecular flexibility index (Phi) is 6.80. The molecule has 0 fully saturated rings. The lowest BCUT2D eigenvalue weighted by atomic mass is 10.1. The van der Waals surface area contributed by atoms with Gasteiger partial charge >= 0.3 is 0 Å². The van der Waals surface area contributed by atoms with Gasteiger partial charge in [-0.3, -0.25) is 4.99 Å². The van der Waals surface area contributed by atoms with Crippen LogP contribution in [0.1, 0.15) is 16.8 Å². The number of guanidine groups is 1. The number of aromatic nitrogens is 1. The van der Waals surface area contributed by atoms with Crippen LogP contribution in [0.3, 0.4) is 0 Å². The summed E-state index contributed by atoms with van der Waals surface area (Å²) >= 11 is 3.49. The van der Waals surface area contributed by atoms with Crippen molar-refractivity contribution in [1.82, 2.24) is 15.6 Å². The average Bonchev–Trinajstić information content (AvgIpc) is 3.34. The Hall–Kier alpha value is -2.18. The van der Waals surface area contributed by atoms with Crippen LogP contribution in [-0.4, -0.2) is 24.5 Å². The Balaban J connectivity index is 1.46. The standard InChI is InChI=1S/C20H24N4S2/c1-15(11-17-9-6-10-25-17)12-22-20(21-2)23-13-19-24-18(14-26-19)16-7-4-3-5-8-16/h3-10,14-15H,11-13H2,1-2H3,(H2,21,22,23). The van der Waals surface area contributed by atoms with E-state index < -0.39 is 0 Å². The first kappa shape index (κ1) is 18.6. The Morgan fingerprint density at radius 2 is 1.96 bits per heavy atom. The predicted octanol–water partition coefficient (Wildman–Crippen LogP) is 4.42. The first-order valence-electron chi connectivity index (χ1n) is 8.71. The molecule has 0 saturated heterocycles. The molecular formula is C20H24N4S2. The van der Waals surface area contributed by atoms with Crippen LogP contribution in [0.2, 0.25) is 0 Å². The Morgan fingerprint density at radius 1 is 1.12 bits per heavy atom. The second kappa shape index (κ2) is 9.50. The van der Waals surface area contributed by atoms with Gasteiger partial charge in [-0.25, -0.2) is 4.98 Å². The molecule has 0 amide bonds. The van der Waals surface area contributed by atoms with Crippen LogP contribution in [0, 0.1) is 5.92 Å². The van der Waals surface area contributed by atoms with Crippen LogP contribution in [0.5, 0.6) is 0 Å². The van der Waals surface area contributed by atoms with Gasteiger partial charge in [-0.05, 0) is 23.8 Å². The summed E-state index contributed by atoms with van der Waals surface area (Å²) < 4.78 is 0. The molecule has 136 valence electrons. The van der Waals surface area contributed by atoms with Crippen molar-refractivity contribution in [2.45, 2.75) is 19.9 Å². The summed E-state index contributed by atoms with van der Waals surface area (Å²) in [7, 11) is 1.80. The molecule has 0 aliphatic heterocycles. The summed E-state index contributed by atoms with van der Waals surface area (Å²) in [5.41, 5.74) is 2.18. The predicted molar refractivity (Wildman–Crippen MR) is 113 cm³/mol. The molecule has 1 aromatic carbocycles. The zero-order chi connectivity index (χ0) is 18.2. The maximum absolute atomic E-state index is 4.71. The fourth-order valence-electron chi connectivity index (χ4n) is 2.63. The highest BCUT2D eigenvalue weighted by Crippen LogP contribution is 2.21. The molecule has 1 atom stereocenters. The largest absolute Gasteiger partial charge is 0.356 e. The van der Waals surface area contributed by atoms with Crippen molar-refractivity contribution < 1.29 is 0 Å². The third-order valence-corrected chi connectivity index (χ3v) is 5.75. The van der Waals surface area contributed by atoms with E-state index in [1.165, 1.54) is 4.88 Å². The van der Waals surface area contributed by atoms with Gasteiger partial charge in [0.25, 0.3) is 0 Å². The summed E-state index contributed by atoms with van der Waals surface area (Å²) in [5, 5.41) is 12.1. The van der Waals surface area contributed by atoms with Crippen LogP contribution in [0.4, 0.5) is 0 Å². The molecule has 6 heteroatoms. The van der Waals surface area contributed by atoms with Crippen LogP contribution < -0.4 is 10.6 Å².